The van der Waals surface area contributed by atoms with E-state index in [1.54, 1.807) is 32.3 Å². The van der Waals surface area contributed by atoms with Gasteiger partial charge in [-0.15, -0.1) is 0 Å². The van der Waals surface area contributed by atoms with Crippen molar-refractivity contribution in [2.75, 3.05) is 45.3 Å². The Balaban J connectivity index is 2.11. The normalized spacial score (nSPS) is 19.4. The maximum atomic E-state index is 11.6. The first-order valence-electron chi connectivity index (χ1n) is 8.13. The van der Waals surface area contributed by atoms with Crippen LogP contribution in [-0.2, 0) is 14.3 Å². The molecule has 0 N–H and O–H groups in total. The Bertz CT molecular complexity index is 670. The van der Waals surface area contributed by atoms with Crippen LogP contribution in [0.4, 0.5) is 5.69 Å². The Morgan fingerprint density at radius 1 is 1.52 bits per heavy atom. The van der Waals surface area contributed by atoms with E-state index in [0.717, 1.165) is 5.69 Å². The summed E-state index contributed by atoms with van der Waals surface area (Å²) >= 11 is 6.35. The number of likely N-dealkylation sites (N-methyl/N-ethyl adjacent to an activating group) is 1. The molecule has 136 valence electrons. The van der Waals surface area contributed by atoms with E-state index in [4.69, 9.17) is 21.1 Å². The Morgan fingerprint density at radius 2 is 2.24 bits per heavy atom. The third kappa shape index (κ3) is 5.08. The van der Waals surface area contributed by atoms with Gasteiger partial charge >= 0.3 is 0 Å². The minimum absolute atomic E-state index is 0.0167. The summed E-state index contributed by atoms with van der Waals surface area (Å²) in [5, 5.41) is 9.93. The highest BCUT2D eigenvalue weighted by Gasteiger charge is 2.35. The van der Waals surface area contributed by atoms with Gasteiger partial charge in [0, 0.05) is 27.2 Å². The van der Waals surface area contributed by atoms with Crippen LogP contribution in [0.25, 0.3) is 0 Å². The number of benzene rings is 1. The second kappa shape index (κ2) is 8.05. The highest BCUT2D eigenvalue weighted by molar-refractivity contribution is 6.33. The molecule has 1 aromatic rings. The fourth-order valence-electron chi connectivity index (χ4n) is 2.89. The molecule has 1 heterocycles. The number of morpholine rings is 1. The van der Waals surface area contributed by atoms with E-state index in [2.05, 4.69) is 11.0 Å². The lowest BCUT2D eigenvalue weighted by atomic mass is 10.0. The zero-order chi connectivity index (χ0) is 18.6. The van der Waals surface area contributed by atoms with E-state index >= 15 is 0 Å². The zero-order valence-electron chi connectivity index (χ0n) is 15.1. The second-order valence-electron chi connectivity index (χ2n) is 6.93. The molecule has 6 nitrogen and oxygen atoms in total. The first kappa shape index (κ1) is 19.5. The lowest BCUT2D eigenvalue weighted by Crippen LogP contribution is -2.54. The maximum Gasteiger partial charge on any atom is 0.248 e. The van der Waals surface area contributed by atoms with Gasteiger partial charge in [0.1, 0.15) is 12.7 Å². The van der Waals surface area contributed by atoms with Crippen molar-refractivity contribution >= 4 is 23.2 Å². The van der Waals surface area contributed by atoms with Crippen LogP contribution in [0.1, 0.15) is 19.4 Å². The molecule has 1 amide bonds. The van der Waals surface area contributed by atoms with Gasteiger partial charge in [0.25, 0.3) is 0 Å². The van der Waals surface area contributed by atoms with Gasteiger partial charge in [0.05, 0.1) is 34.6 Å². The van der Waals surface area contributed by atoms with Gasteiger partial charge in [0.2, 0.25) is 5.91 Å². The molecule has 1 aliphatic rings. The molecular formula is C18H24ClN3O3. The standard InChI is InChI=1S/C18H24ClN3O3/c1-18(2)12-22(17-13(8-20)6-5-7-15(17)19)9-14(25-18)10-24-11-16(23)21(3)4/h5-7,14H,9-12H2,1-4H3. The molecule has 0 bridgehead atoms. The molecule has 7 heteroatoms. The fourth-order valence-corrected chi connectivity index (χ4v) is 3.18. The van der Waals surface area contributed by atoms with Crippen LogP contribution in [0, 0.1) is 11.3 Å². The lowest BCUT2D eigenvalue weighted by Gasteiger charge is -2.44. The highest BCUT2D eigenvalue weighted by atomic mass is 35.5. The molecule has 1 aliphatic heterocycles. The fraction of sp³-hybridized carbons (Fsp3) is 0.556. The third-order valence-electron chi connectivity index (χ3n) is 3.93. The number of ether oxygens (including phenoxy) is 2. The van der Waals surface area contributed by atoms with Crippen molar-refractivity contribution in [1.29, 1.82) is 5.26 Å². The van der Waals surface area contributed by atoms with Crippen LogP contribution >= 0.6 is 11.6 Å². The molecule has 2 rings (SSSR count). The van der Waals surface area contributed by atoms with Gasteiger partial charge in [-0.25, -0.2) is 0 Å². The number of nitriles is 1. The molecule has 0 aliphatic carbocycles. The maximum absolute atomic E-state index is 11.6. The zero-order valence-corrected chi connectivity index (χ0v) is 15.8. The molecule has 0 saturated carbocycles. The van der Waals surface area contributed by atoms with Gasteiger partial charge in [-0.3, -0.25) is 4.79 Å². The van der Waals surface area contributed by atoms with E-state index in [0.29, 0.717) is 30.3 Å². The van der Waals surface area contributed by atoms with Crippen LogP contribution in [0.5, 0.6) is 0 Å². The molecule has 1 atom stereocenters. The van der Waals surface area contributed by atoms with Crippen LogP contribution in [0.3, 0.4) is 0 Å². The first-order chi connectivity index (χ1) is 11.7. The van der Waals surface area contributed by atoms with Crippen LogP contribution in [-0.4, -0.2) is 62.9 Å². The van der Waals surface area contributed by atoms with Crippen molar-refractivity contribution in [3.63, 3.8) is 0 Å². The summed E-state index contributed by atoms with van der Waals surface area (Å²) in [6.45, 7) is 5.44. The number of hydrogen-bond donors (Lipinski definition) is 0. The first-order valence-corrected chi connectivity index (χ1v) is 8.50. The number of para-hydroxylation sites is 1. The minimum atomic E-state index is -0.427. The average molecular weight is 366 g/mol. The van der Waals surface area contributed by atoms with Crippen molar-refractivity contribution < 1.29 is 14.3 Å². The monoisotopic (exact) mass is 365 g/mol. The molecule has 1 aromatic carbocycles. The SMILES string of the molecule is CN(C)C(=O)COCC1CN(c2c(Cl)cccc2C#N)CC(C)(C)O1. The summed E-state index contributed by atoms with van der Waals surface area (Å²) in [5.41, 5.74) is 0.828. The van der Waals surface area contributed by atoms with E-state index in [9.17, 15) is 10.1 Å². The summed E-state index contributed by atoms with van der Waals surface area (Å²) in [7, 11) is 3.38. The average Bonchev–Trinajstić information content (AvgIpc) is 2.52. The number of halogens is 1. The van der Waals surface area contributed by atoms with Gasteiger partial charge in [0.15, 0.2) is 0 Å². The largest absolute Gasteiger partial charge is 0.369 e. The number of carbonyl (C=O) groups is 1. The summed E-state index contributed by atoms with van der Waals surface area (Å²) in [6, 6.07) is 7.50. The van der Waals surface area contributed by atoms with Crippen LogP contribution in [0.15, 0.2) is 18.2 Å². The molecule has 1 unspecified atom stereocenters. The topological polar surface area (TPSA) is 65.8 Å². The summed E-state index contributed by atoms with van der Waals surface area (Å²) in [5.74, 6) is -0.0928. The quantitative estimate of drug-likeness (QED) is 0.801. The molecule has 0 spiro atoms. The van der Waals surface area contributed by atoms with Crippen LogP contribution < -0.4 is 4.90 Å². The summed E-state index contributed by atoms with van der Waals surface area (Å²) in [4.78, 5) is 15.2. The number of anilines is 1. The van der Waals surface area contributed by atoms with E-state index < -0.39 is 5.60 Å². The molecule has 0 aromatic heterocycles. The van der Waals surface area contributed by atoms with Gasteiger partial charge in [-0.05, 0) is 26.0 Å². The number of rotatable bonds is 5. The second-order valence-corrected chi connectivity index (χ2v) is 7.34. The molecular weight excluding hydrogens is 342 g/mol. The van der Waals surface area contributed by atoms with Gasteiger partial charge in [-0.2, -0.15) is 5.26 Å². The summed E-state index contributed by atoms with van der Waals surface area (Å²) < 4.78 is 11.6. The Hall–Kier alpha value is -1.81. The predicted molar refractivity (Wildman–Crippen MR) is 96.8 cm³/mol. The lowest BCUT2D eigenvalue weighted by molar-refractivity contribution is -0.139. The Kier molecular flexibility index (Phi) is 6.28. The number of amides is 1. The van der Waals surface area contributed by atoms with E-state index in [1.165, 1.54) is 4.90 Å². The third-order valence-corrected chi connectivity index (χ3v) is 4.24. The van der Waals surface area contributed by atoms with Crippen molar-refractivity contribution in [2.45, 2.75) is 25.6 Å². The van der Waals surface area contributed by atoms with Crippen molar-refractivity contribution in [3.8, 4) is 6.07 Å². The van der Waals surface area contributed by atoms with Crippen molar-refractivity contribution in [2.24, 2.45) is 0 Å². The molecule has 25 heavy (non-hydrogen) atoms. The van der Waals surface area contributed by atoms with E-state index in [1.807, 2.05) is 13.8 Å². The highest BCUT2D eigenvalue weighted by Crippen LogP contribution is 2.34. The minimum Gasteiger partial charge on any atom is -0.369 e. The Morgan fingerprint density at radius 3 is 2.88 bits per heavy atom. The Labute approximate surface area is 153 Å². The summed E-state index contributed by atoms with van der Waals surface area (Å²) in [6.07, 6.45) is -0.221. The van der Waals surface area contributed by atoms with Crippen molar-refractivity contribution in [3.05, 3.63) is 28.8 Å². The number of hydrogen-bond acceptors (Lipinski definition) is 5. The van der Waals surface area contributed by atoms with Crippen LogP contribution in [0.2, 0.25) is 5.02 Å². The molecule has 1 fully saturated rings. The van der Waals surface area contributed by atoms with E-state index in [-0.39, 0.29) is 18.6 Å². The number of carbonyl (C=O) groups excluding carboxylic acids is 1. The molecule has 0 radical (unpaired) electrons. The molecule has 1 saturated heterocycles. The van der Waals surface area contributed by atoms with Gasteiger partial charge < -0.3 is 19.3 Å². The smallest absolute Gasteiger partial charge is 0.248 e. The van der Waals surface area contributed by atoms with Gasteiger partial charge in [-0.1, -0.05) is 17.7 Å². The van der Waals surface area contributed by atoms with Crippen molar-refractivity contribution in [1.82, 2.24) is 4.90 Å². The predicted octanol–water partition coefficient (Wildman–Crippen LogP) is 2.30. The number of nitrogens with zero attached hydrogens (tertiary/aromatic N) is 3.